The van der Waals surface area contributed by atoms with Gasteiger partial charge in [0.05, 0.1) is 11.0 Å². The highest BCUT2D eigenvalue weighted by Gasteiger charge is 2.41. The summed E-state index contributed by atoms with van der Waals surface area (Å²) in [5.74, 6) is 0.484. The number of benzene rings is 1. The SMILES string of the molecule is CC(C)(C)C(C(=O)c1nc2ccccc2[nH]1)C(C)(C)C. The molecule has 0 saturated heterocycles. The van der Waals surface area contributed by atoms with E-state index in [4.69, 9.17) is 0 Å². The van der Waals surface area contributed by atoms with E-state index < -0.39 is 0 Å². The van der Waals surface area contributed by atoms with Crippen molar-refractivity contribution >= 4 is 16.8 Å². The van der Waals surface area contributed by atoms with Crippen LogP contribution in [0.2, 0.25) is 0 Å². The lowest BCUT2D eigenvalue weighted by Gasteiger charge is -2.38. The largest absolute Gasteiger partial charge is 0.335 e. The third kappa shape index (κ3) is 2.77. The number of nitrogens with one attached hydrogen (secondary N) is 1. The van der Waals surface area contributed by atoms with Crippen LogP contribution in [0.4, 0.5) is 0 Å². The van der Waals surface area contributed by atoms with Gasteiger partial charge in [-0.2, -0.15) is 0 Å². The van der Waals surface area contributed by atoms with Gasteiger partial charge in [0.15, 0.2) is 5.82 Å². The molecule has 1 heterocycles. The second kappa shape index (κ2) is 4.72. The van der Waals surface area contributed by atoms with Crippen molar-refractivity contribution in [2.45, 2.75) is 41.5 Å². The van der Waals surface area contributed by atoms with Gasteiger partial charge >= 0.3 is 0 Å². The summed E-state index contributed by atoms with van der Waals surface area (Å²) in [6, 6.07) is 7.75. The number of H-pyrrole nitrogens is 1. The number of imidazole rings is 1. The summed E-state index contributed by atoms with van der Waals surface area (Å²) >= 11 is 0. The van der Waals surface area contributed by atoms with Crippen molar-refractivity contribution in [3.05, 3.63) is 30.1 Å². The van der Waals surface area contributed by atoms with Gasteiger partial charge in [0.2, 0.25) is 5.78 Å². The molecule has 0 spiro atoms. The number of ketones is 1. The van der Waals surface area contributed by atoms with Gasteiger partial charge in [0.1, 0.15) is 0 Å². The van der Waals surface area contributed by atoms with Crippen LogP contribution in [0.1, 0.15) is 52.2 Å². The Kier molecular flexibility index (Phi) is 3.49. The molecule has 0 fully saturated rings. The minimum atomic E-state index is -0.103. The molecule has 0 amide bonds. The highest BCUT2D eigenvalue weighted by atomic mass is 16.1. The van der Waals surface area contributed by atoms with Crippen molar-refractivity contribution in [1.29, 1.82) is 0 Å². The molecule has 1 N–H and O–H groups in total. The number of aromatic amines is 1. The van der Waals surface area contributed by atoms with Gasteiger partial charge < -0.3 is 4.98 Å². The first-order chi connectivity index (χ1) is 9.10. The molecule has 3 heteroatoms. The lowest BCUT2D eigenvalue weighted by molar-refractivity contribution is 0.0575. The molecule has 20 heavy (non-hydrogen) atoms. The van der Waals surface area contributed by atoms with E-state index in [1.54, 1.807) is 0 Å². The van der Waals surface area contributed by atoms with E-state index in [1.807, 2.05) is 24.3 Å². The van der Waals surface area contributed by atoms with Crippen molar-refractivity contribution < 1.29 is 4.79 Å². The molecule has 0 unspecified atom stereocenters. The summed E-state index contributed by atoms with van der Waals surface area (Å²) in [7, 11) is 0. The predicted octanol–water partition coefficient (Wildman–Crippen LogP) is 4.45. The Bertz CT molecular complexity index is 579. The van der Waals surface area contributed by atoms with Crippen molar-refractivity contribution in [3.63, 3.8) is 0 Å². The fraction of sp³-hybridized carbons (Fsp3) is 0.529. The molecule has 2 aromatic rings. The molecule has 0 bridgehead atoms. The van der Waals surface area contributed by atoms with Crippen LogP contribution in [0, 0.1) is 16.7 Å². The van der Waals surface area contributed by atoms with E-state index in [1.165, 1.54) is 0 Å². The number of fused-ring (bicyclic) bond motifs is 1. The number of hydrogen-bond donors (Lipinski definition) is 1. The van der Waals surface area contributed by atoms with E-state index in [0.717, 1.165) is 11.0 Å². The second-order valence-corrected chi connectivity index (χ2v) is 7.63. The van der Waals surface area contributed by atoms with Crippen molar-refractivity contribution in [3.8, 4) is 0 Å². The first kappa shape index (κ1) is 14.8. The number of para-hydroxylation sites is 2. The van der Waals surface area contributed by atoms with Crippen LogP contribution in [0.5, 0.6) is 0 Å². The van der Waals surface area contributed by atoms with E-state index in [9.17, 15) is 4.79 Å². The van der Waals surface area contributed by atoms with Crippen LogP contribution in [0.3, 0.4) is 0 Å². The Morgan fingerprint density at radius 3 is 2.10 bits per heavy atom. The molecule has 1 aromatic heterocycles. The van der Waals surface area contributed by atoms with Gasteiger partial charge in [0.25, 0.3) is 0 Å². The molecule has 108 valence electrons. The maximum Gasteiger partial charge on any atom is 0.202 e. The van der Waals surface area contributed by atoms with Crippen LogP contribution in [0.15, 0.2) is 24.3 Å². The molecular formula is C17H24N2O. The Morgan fingerprint density at radius 2 is 1.60 bits per heavy atom. The van der Waals surface area contributed by atoms with Gasteiger partial charge in [-0.15, -0.1) is 0 Å². The average molecular weight is 272 g/mol. The van der Waals surface area contributed by atoms with Crippen molar-refractivity contribution in [2.75, 3.05) is 0 Å². The van der Waals surface area contributed by atoms with Gasteiger partial charge in [-0.1, -0.05) is 53.7 Å². The molecule has 0 saturated carbocycles. The van der Waals surface area contributed by atoms with Crippen LogP contribution in [0.25, 0.3) is 11.0 Å². The Balaban J connectivity index is 2.47. The molecule has 0 atom stereocenters. The number of carbonyl (C=O) groups excluding carboxylic acids is 1. The minimum absolute atomic E-state index is 0.0874. The van der Waals surface area contributed by atoms with Crippen molar-refractivity contribution in [1.82, 2.24) is 9.97 Å². The maximum atomic E-state index is 12.9. The zero-order valence-corrected chi connectivity index (χ0v) is 13.2. The van der Waals surface area contributed by atoms with Gasteiger partial charge in [-0.25, -0.2) is 4.98 Å². The summed E-state index contributed by atoms with van der Waals surface area (Å²) in [4.78, 5) is 20.5. The van der Waals surface area contributed by atoms with Gasteiger partial charge in [0, 0.05) is 5.92 Å². The number of aromatic nitrogens is 2. The van der Waals surface area contributed by atoms with Gasteiger partial charge in [-0.05, 0) is 23.0 Å². The van der Waals surface area contributed by atoms with E-state index in [-0.39, 0.29) is 22.5 Å². The standard InChI is InChI=1S/C17H24N2O/c1-16(2,3)14(17(4,5)6)13(20)15-18-11-9-7-8-10-12(11)19-15/h7-10,14H,1-6H3,(H,18,19). The second-order valence-electron chi connectivity index (χ2n) is 7.63. The Morgan fingerprint density at radius 1 is 1.05 bits per heavy atom. The summed E-state index contributed by atoms with van der Waals surface area (Å²) < 4.78 is 0. The third-order valence-corrected chi connectivity index (χ3v) is 3.62. The monoisotopic (exact) mass is 272 g/mol. The zero-order valence-electron chi connectivity index (χ0n) is 13.2. The zero-order chi connectivity index (χ0) is 15.1. The number of hydrogen-bond acceptors (Lipinski definition) is 2. The number of Topliss-reactive ketones (excluding diaryl/α,β-unsaturated/α-hetero) is 1. The van der Waals surface area contributed by atoms with E-state index >= 15 is 0 Å². The van der Waals surface area contributed by atoms with Crippen LogP contribution in [-0.4, -0.2) is 15.8 Å². The first-order valence-corrected chi connectivity index (χ1v) is 7.09. The number of rotatable bonds is 2. The predicted molar refractivity (Wildman–Crippen MR) is 82.8 cm³/mol. The van der Waals surface area contributed by atoms with Crippen LogP contribution in [-0.2, 0) is 0 Å². The average Bonchev–Trinajstić information content (AvgIpc) is 2.68. The topological polar surface area (TPSA) is 45.8 Å². The highest BCUT2D eigenvalue weighted by Crippen LogP contribution is 2.41. The Hall–Kier alpha value is -1.64. The normalized spacial score (nSPS) is 13.2. The summed E-state index contributed by atoms with van der Waals surface area (Å²) in [6.45, 7) is 12.7. The first-order valence-electron chi connectivity index (χ1n) is 7.09. The molecular weight excluding hydrogens is 248 g/mol. The molecule has 0 aliphatic heterocycles. The minimum Gasteiger partial charge on any atom is -0.335 e. The Labute approximate surface area is 120 Å². The quantitative estimate of drug-likeness (QED) is 0.821. The van der Waals surface area contributed by atoms with Crippen LogP contribution < -0.4 is 0 Å². The van der Waals surface area contributed by atoms with Crippen LogP contribution >= 0.6 is 0 Å². The molecule has 0 aliphatic carbocycles. The maximum absolute atomic E-state index is 12.9. The highest BCUT2D eigenvalue weighted by molar-refractivity contribution is 5.98. The van der Waals surface area contributed by atoms with Crippen molar-refractivity contribution in [2.24, 2.45) is 16.7 Å². The fourth-order valence-corrected chi connectivity index (χ4v) is 3.29. The molecule has 1 aromatic carbocycles. The van der Waals surface area contributed by atoms with E-state index in [0.29, 0.717) is 5.82 Å². The fourth-order valence-electron chi connectivity index (χ4n) is 3.29. The number of nitrogens with zero attached hydrogens (tertiary/aromatic N) is 1. The van der Waals surface area contributed by atoms with E-state index in [2.05, 4.69) is 51.5 Å². The number of carbonyl (C=O) groups is 1. The third-order valence-electron chi connectivity index (χ3n) is 3.62. The van der Waals surface area contributed by atoms with Gasteiger partial charge in [-0.3, -0.25) is 4.79 Å². The lowest BCUT2D eigenvalue weighted by atomic mass is 9.64. The molecule has 0 radical (unpaired) electrons. The lowest BCUT2D eigenvalue weighted by Crippen LogP contribution is -2.39. The summed E-state index contributed by atoms with van der Waals surface area (Å²) in [5, 5.41) is 0. The molecule has 2 rings (SSSR count). The molecule has 3 nitrogen and oxygen atoms in total. The smallest absolute Gasteiger partial charge is 0.202 e. The molecule has 0 aliphatic rings. The summed E-state index contributed by atoms with van der Waals surface area (Å²) in [6.07, 6.45) is 0. The summed E-state index contributed by atoms with van der Waals surface area (Å²) in [5.41, 5.74) is 1.55.